The molecule has 9 heteroatoms. The summed E-state index contributed by atoms with van der Waals surface area (Å²) in [5.74, 6) is -0.540. The number of hydrogen-bond acceptors (Lipinski definition) is 3. The normalized spacial score (nSPS) is 11.9. The molecule has 0 spiro atoms. The molecule has 28 heavy (non-hydrogen) atoms. The number of halogens is 2. The number of aromatic nitrogens is 2. The molecule has 0 bridgehead atoms. The van der Waals surface area contributed by atoms with E-state index in [4.69, 9.17) is 11.6 Å². The maximum absolute atomic E-state index is 13.9. The highest BCUT2D eigenvalue weighted by atomic mass is 35.5. The van der Waals surface area contributed by atoms with E-state index in [2.05, 4.69) is 9.82 Å². The summed E-state index contributed by atoms with van der Waals surface area (Å²) in [4.78, 5) is 0. The molecule has 148 valence electrons. The number of benzene rings is 2. The van der Waals surface area contributed by atoms with Gasteiger partial charge in [-0.15, -0.1) is 0 Å². The lowest BCUT2D eigenvalue weighted by molar-refractivity contribution is 0.446. The molecule has 0 atom stereocenters. The average molecular weight is 423 g/mol. The molecule has 3 aromatic rings. The Hall–Kier alpha value is -2.26. The zero-order valence-corrected chi connectivity index (χ0v) is 16.8. The third-order valence-electron chi connectivity index (χ3n) is 4.24. The first-order chi connectivity index (χ1) is 13.3. The van der Waals surface area contributed by atoms with Gasteiger partial charge in [0.1, 0.15) is 5.82 Å². The van der Waals surface area contributed by atoms with Crippen LogP contribution in [-0.4, -0.2) is 29.6 Å². The van der Waals surface area contributed by atoms with Crippen LogP contribution >= 0.6 is 11.6 Å². The fraction of sp³-hybridized carbons (Fsp3) is 0.211. The largest absolute Gasteiger partial charge is 0.279 e. The van der Waals surface area contributed by atoms with Crippen molar-refractivity contribution >= 4 is 21.8 Å². The van der Waals surface area contributed by atoms with Gasteiger partial charge in [0.2, 0.25) is 0 Å². The number of nitrogens with zero attached hydrogens (tertiary/aromatic N) is 3. The van der Waals surface area contributed by atoms with Crippen molar-refractivity contribution in [1.82, 2.24) is 18.8 Å². The molecule has 6 nitrogen and oxygen atoms in total. The topological polar surface area (TPSA) is 67.2 Å². The highest BCUT2D eigenvalue weighted by molar-refractivity contribution is 7.87. The standard InChI is InChI=1S/C19H20ClFN4O2S/c1-24(14-17-18(20)4-2-5-19(17)21)28(26,27)23-12-15-6-8-16(9-7-15)13-25-11-3-10-22-25/h2-11,23H,12-14H2,1H3. The lowest BCUT2D eigenvalue weighted by Crippen LogP contribution is -2.37. The molecule has 0 aliphatic carbocycles. The van der Waals surface area contributed by atoms with Crippen molar-refractivity contribution in [2.24, 2.45) is 0 Å². The minimum atomic E-state index is -3.80. The van der Waals surface area contributed by atoms with Crippen molar-refractivity contribution in [3.05, 3.63) is 88.5 Å². The minimum absolute atomic E-state index is 0.125. The summed E-state index contributed by atoms with van der Waals surface area (Å²) in [6.07, 6.45) is 3.59. The summed E-state index contributed by atoms with van der Waals surface area (Å²) >= 11 is 5.97. The summed E-state index contributed by atoms with van der Waals surface area (Å²) < 4.78 is 44.1. The molecule has 0 aliphatic rings. The van der Waals surface area contributed by atoms with E-state index in [1.807, 2.05) is 36.5 Å². The van der Waals surface area contributed by atoms with Crippen molar-refractivity contribution in [2.75, 3.05) is 7.05 Å². The highest BCUT2D eigenvalue weighted by Gasteiger charge is 2.20. The van der Waals surface area contributed by atoms with Gasteiger partial charge in [-0.1, -0.05) is 41.9 Å². The Labute approximate surface area is 168 Å². The predicted molar refractivity (Wildman–Crippen MR) is 106 cm³/mol. The Balaban J connectivity index is 1.59. The SMILES string of the molecule is CN(Cc1c(F)cccc1Cl)S(=O)(=O)NCc1ccc(Cn2cccn2)cc1. The Morgan fingerprint density at radius 1 is 1.14 bits per heavy atom. The average Bonchev–Trinajstić information content (AvgIpc) is 3.17. The van der Waals surface area contributed by atoms with E-state index < -0.39 is 16.0 Å². The second-order valence-electron chi connectivity index (χ2n) is 6.30. The van der Waals surface area contributed by atoms with Crippen molar-refractivity contribution in [1.29, 1.82) is 0 Å². The fourth-order valence-corrected chi connectivity index (χ4v) is 3.71. The molecule has 0 fully saturated rings. The van der Waals surface area contributed by atoms with Crippen molar-refractivity contribution in [3.63, 3.8) is 0 Å². The molecule has 1 heterocycles. The van der Waals surface area contributed by atoms with E-state index in [0.29, 0.717) is 6.54 Å². The van der Waals surface area contributed by atoms with Gasteiger partial charge >= 0.3 is 0 Å². The van der Waals surface area contributed by atoms with Crippen LogP contribution in [0, 0.1) is 5.82 Å². The summed E-state index contributed by atoms with van der Waals surface area (Å²) in [5, 5.41) is 4.34. The second-order valence-corrected chi connectivity index (χ2v) is 8.57. The lowest BCUT2D eigenvalue weighted by atomic mass is 10.1. The molecular formula is C19H20ClFN4O2S. The second kappa shape index (κ2) is 8.83. The van der Waals surface area contributed by atoms with Crippen LogP contribution in [-0.2, 0) is 29.8 Å². The molecule has 0 saturated heterocycles. The van der Waals surface area contributed by atoms with Gasteiger partial charge in [-0.25, -0.2) is 4.39 Å². The van der Waals surface area contributed by atoms with Gasteiger partial charge in [-0.05, 0) is 29.3 Å². The Morgan fingerprint density at radius 3 is 2.50 bits per heavy atom. The minimum Gasteiger partial charge on any atom is -0.268 e. The Morgan fingerprint density at radius 2 is 1.86 bits per heavy atom. The zero-order chi connectivity index (χ0) is 20.1. The van der Waals surface area contributed by atoms with Crippen molar-refractivity contribution < 1.29 is 12.8 Å². The monoisotopic (exact) mass is 422 g/mol. The van der Waals surface area contributed by atoms with E-state index in [9.17, 15) is 12.8 Å². The van der Waals surface area contributed by atoms with E-state index in [0.717, 1.165) is 15.4 Å². The lowest BCUT2D eigenvalue weighted by Gasteiger charge is -2.19. The van der Waals surface area contributed by atoms with Gasteiger partial charge in [0.15, 0.2) is 0 Å². The van der Waals surface area contributed by atoms with Crippen molar-refractivity contribution in [2.45, 2.75) is 19.6 Å². The highest BCUT2D eigenvalue weighted by Crippen LogP contribution is 2.21. The summed E-state index contributed by atoms with van der Waals surface area (Å²) in [6, 6.07) is 13.7. The molecule has 1 N–H and O–H groups in total. The molecule has 2 aromatic carbocycles. The molecule has 3 rings (SSSR count). The Kier molecular flexibility index (Phi) is 6.46. The fourth-order valence-electron chi connectivity index (χ4n) is 2.62. The summed E-state index contributed by atoms with van der Waals surface area (Å²) in [7, 11) is -2.42. The molecule has 0 unspecified atom stereocenters. The van der Waals surface area contributed by atoms with Crippen LogP contribution in [0.2, 0.25) is 5.02 Å². The van der Waals surface area contributed by atoms with Crippen LogP contribution in [0.25, 0.3) is 0 Å². The molecule has 1 aromatic heterocycles. The smallest absolute Gasteiger partial charge is 0.268 e. The van der Waals surface area contributed by atoms with E-state index in [1.165, 1.54) is 25.2 Å². The zero-order valence-electron chi connectivity index (χ0n) is 15.2. The van der Waals surface area contributed by atoms with Gasteiger partial charge in [0.05, 0.1) is 6.54 Å². The van der Waals surface area contributed by atoms with Crippen LogP contribution in [0.15, 0.2) is 60.9 Å². The first-order valence-corrected chi connectivity index (χ1v) is 10.4. The van der Waals surface area contributed by atoms with E-state index in [1.54, 1.807) is 10.9 Å². The van der Waals surface area contributed by atoms with Crippen LogP contribution < -0.4 is 4.72 Å². The van der Waals surface area contributed by atoms with Crippen LogP contribution in [0.5, 0.6) is 0 Å². The van der Waals surface area contributed by atoms with E-state index >= 15 is 0 Å². The van der Waals surface area contributed by atoms with Crippen molar-refractivity contribution in [3.8, 4) is 0 Å². The molecule has 0 amide bonds. The molecule has 0 saturated carbocycles. The number of hydrogen-bond donors (Lipinski definition) is 1. The summed E-state index contributed by atoms with van der Waals surface area (Å²) in [6.45, 7) is 0.606. The van der Waals surface area contributed by atoms with Gasteiger partial charge in [-0.3, -0.25) is 4.68 Å². The van der Waals surface area contributed by atoms with Gasteiger partial charge in [0.25, 0.3) is 10.2 Å². The van der Waals surface area contributed by atoms with Crippen LogP contribution in [0.4, 0.5) is 4.39 Å². The molecular weight excluding hydrogens is 403 g/mol. The van der Waals surface area contributed by atoms with Gasteiger partial charge in [0, 0.05) is 43.1 Å². The maximum Gasteiger partial charge on any atom is 0.279 e. The number of nitrogens with one attached hydrogen (secondary N) is 1. The predicted octanol–water partition coefficient (Wildman–Crippen LogP) is 3.19. The first-order valence-electron chi connectivity index (χ1n) is 8.54. The van der Waals surface area contributed by atoms with Gasteiger partial charge in [-0.2, -0.15) is 22.5 Å². The van der Waals surface area contributed by atoms with Crippen LogP contribution in [0.1, 0.15) is 16.7 Å². The van der Waals surface area contributed by atoms with E-state index in [-0.39, 0.29) is 23.7 Å². The molecule has 0 radical (unpaired) electrons. The third kappa shape index (κ3) is 5.17. The van der Waals surface area contributed by atoms with Gasteiger partial charge < -0.3 is 0 Å². The quantitative estimate of drug-likeness (QED) is 0.606. The number of rotatable bonds is 8. The maximum atomic E-state index is 13.9. The summed E-state index contributed by atoms with van der Waals surface area (Å²) in [5.41, 5.74) is 2.01. The van der Waals surface area contributed by atoms with Crippen LogP contribution in [0.3, 0.4) is 0 Å². The third-order valence-corrected chi connectivity index (χ3v) is 6.05. The Bertz CT molecular complexity index is 1000. The first kappa shape index (κ1) is 20.5. The molecule has 0 aliphatic heterocycles.